The monoisotopic (exact) mass is 330 g/mol. The van der Waals surface area contributed by atoms with Crippen LogP contribution >= 0.6 is 34.8 Å². The second-order valence-corrected chi connectivity index (χ2v) is 5.24. The lowest BCUT2D eigenvalue weighted by atomic mass is 10.1. The van der Waals surface area contributed by atoms with Crippen LogP contribution in [-0.2, 0) is 11.2 Å². The molecule has 0 amide bonds. The first-order chi connectivity index (χ1) is 9.45. The molecule has 0 radical (unpaired) electrons. The van der Waals surface area contributed by atoms with Crippen LogP contribution in [0, 0.1) is 0 Å². The molecule has 3 nitrogen and oxygen atoms in total. The maximum atomic E-state index is 11.8. The van der Waals surface area contributed by atoms with E-state index in [-0.39, 0.29) is 33.0 Å². The summed E-state index contributed by atoms with van der Waals surface area (Å²) in [7, 11) is 0. The summed E-state index contributed by atoms with van der Waals surface area (Å²) in [5, 5.41) is 9.91. The normalized spacial score (nSPS) is 10.3. The highest BCUT2D eigenvalue weighted by Gasteiger charge is 2.12. The maximum Gasteiger partial charge on any atom is 0.315 e. The van der Waals surface area contributed by atoms with Crippen molar-refractivity contribution in [2.24, 2.45) is 0 Å². The molecule has 2 aromatic rings. The summed E-state index contributed by atoms with van der Waals surface area (Å²) in [6, 6.07) is 9.05. The van der Waals surface area contributed by atoms with Crippen LogP contribution in [0.15, 0.2) is 36.4 Å². The van der Waals surface area contributed by atoms with Gasteiger partial charge in [0.2, 0.25) is 0 Å². The fourth-order valence-electron chi connectivity index (χ4n) is 1.52. The molecule has 0 saturated heterocycles. The van der Waals surface area contributed by atoms with Crippen LogP contribution < -0.4 is 4.74 Å². The molecule has 0 spiro atoms. The van der Waals surface area contributed by atoms with E-state index in [1.54, 1.807) is 12.1 Å². The summed E-state index contributed by atoms with van der Waals surface area (Å²) in [6.45, 7) is 0. The number of benzene rings is 2. The number of esters is 1. The molecule has 20 heavy (non-hydrogen) atoms. The molecule has 1 N–H and O–H groups in total. The van der Waals surface area contributed by atoms with Crippen molar-refractivity contribution in [2.45, 2.75) is 6.42 Å². The highest BCUT2D eigenvalue weighted by molar-refractivity contribution is 6.43. The van der Waals surface area contributed by atoms with Crippen LogP contribution in [0.3, 0.4) is 0 Å². The van der Waals surface area contributed by atoms with Gasteiger partial charge in [0.25, 0.3) is 0 Å². The van der Waals surface area contributed by atoms with Crippen LogP contribution in [0.5, 0.6) is 11.5 Å². The number of hydrogen-bond donors (Lipinski definition) is 1. The SMILES string of the molecule is O=C(Cc1ccc(O)cc1)Oc1cc(Cl)c(Cl)cc1Cl. The molecule has 6 heteroatoms. The Morgan fingerprint density at radius 2 is 1.60 bits per heavy atom. The average molecular weight is 332 g/mol. The van der Waals surface area contributed by atoms with E-state index in [0.717, 1.165) is 0 Å². The molecule has 0 heterocycles. The van der Waals surface area contributed by atoms with E-state index in [1.165, 1.54) is 24.3 Å². The Balaban J connectivity index is 2.08. The molecule has 2 rings (SSSR count). The standard InChI is InChI=1S/C14H9Cl3O3/c15-10-6-12(17)13(7-11(10)16)20-14(19)5-8-1-3-9(18)4-2-8/h1-4,6-7,18H,5H2. The highest BCUT2D eigenvalue weighted by atomic mass is 35.5. The molecule has 0 saturated carbocycles. The van der Waals surface area contributed by atoms with Crippen LogP contribution in [0.2, 0.25) is 15.1 Å². The highest BCUT2D eigenvalue weighted by Crippen LogP contribution is 2.34. The Kier molecular flexibility index (Phi) is 4.76. The van der Waals surface area contributed by atoms with E-state index >= 15 is 0 Å². The van der Waals surface area contributed by atoms with Gasteiger partial charge in [-0.15, -0.1) is 0 Å². The van der Waals surface area contributed by atoms with Crippen molar-refractivity contribution in [3.05, 3.63) is 57.0 Å². The maximum absolute atomic E-state index is 11.8. The smallest absolute Gasteiger partial charge is 0.315 e. The van der Waals surface area contributed by atoms with Crippen LogP contribution in [0.1, 0.15) is 5.56 Å². The molecule has 0 aliphatic rings. The quantitative estimate of drug-likeness (QED) is 0.512. The van der Waals surface area contributed by atoms with Crippen LogP contribution in [0.4, 0.5) is 0 Å². The predicted molar refractivity (Wildman–Crippen MR) is 78.9 cm³/mol. The van der Waals surface area contributed by atoms with Crippen molar-refractivity contribution >= 4 is 40.8 Å². The minimum absolute atomic E-state index is 0.0524. The summed E-state index contributed by atoms with van der Waals surface area (Å²) in [5.41, 5.74) is 0.712. The number of rotatable bonds is 3. The van der Waals surface area contributed by atoms with E-state index in [9.17, 15) is 4.79 Å². The third-order valence-corrected chi connectivity index (χ3v) is 3.50. The van der Waals surface area contributed by atoms with E-state index in [1.807, 2.05) is 0 Å². The zero-order valence-corrected chi connectivity index (χ0v) is 12.3. The second kappa shape index (κ2) is 6.35. The molecule has 0 aromatic heterocycles. The van der Waals surface area contributed by atoms with Gasteiger partial charge in [0.05, 0.1) is 21.5 Å². The van der Waals surface area contributed by atoms with Gasteiger partial charge in [-0.1, -0.05) is 46.9 Å². The van der Waals surface area contributed by atoms with Crippen molar-refractivity contribution in [1.29, 1.82) is 0 Å². The van der Waals surface area contributed by atoms with E-state index < -0.39 is 5.97 Å². The van der Waals surface area contributed by atoms with Crippen LogP contribution in [0.25, 0.3) is 0 Å². The topological polar surface area (TPSA) is 46.5 Å². The first kappa shape index (κ1) is 15.0. The summed E-state index contributed by atoms with van der Waals surface area (Å²) < 4.78 is 5.14. The van der Waals surface area contributed by atoms with Gasteiger partial charge >= 0.3 is 5.97 Å². The lowest BCUT2D eigenvalue weighted by molar-refractivity contribution is -0.133. The molecule has 2 aromatic carbocycles. The molecule has 0 fully saturated rings. The number of carbonyl (C=O) groups is 1. The largest absolute Gasteiger partial charge is 0.508 e. The van der Waals surface area contributed by atoms with Gasteiger partial charge in [0.15, 0.2) is 5.75 Å². The molecular formula is C14H9Cl3O3. The molecular weight excluding hydrogens is 323 g/mol. The van der Waals surface area contributed by atoms with Crippen molar-refractivity contribution < 1.29 is 14.6 Å². The zero-order chi connectivity index (χ0) is 14.7. The Labute approximate surface area is 130 Å². The van der Waals surface area contributed by atoms with Crippen molar-refractivity contribution in [1.82, 2.24) is 0 Å². The summed E-state index contributed by atoms with van der Waals surface area (Å²) in [5.74, 6) is -0.199. The Bertz CT molecular complexity index is 639. The minimum Gasteiger partial charge on any atom is -0.508 e. The molecule has 0 bridgehead atoms. The van der Waals surface area contributed by atoms with Gasteiger partial charge in [-0.25, -0.2) is 0 Å². The number of halogens is 3. The lowest BCUT2D eigenvalue weighted by Gasteiger charge is -2.08. The van der Waals surface area contributed by atoms with Gasteiger partial charge in [0, 0.05) is 6.07 Å². The summed E-state index contributed by atoms with van der Waals surface area (Å²) >= 11 is 17.5. The second-order valence-electron chi connectivity index (χ2n) is 4.01. The van der Waals surface area contributed by atoms with Crippen molar-refractivity contribution in [3.8, 4) is 11.5 Å². The number of carbonyl (C=O) groups excluding carboxylic acids is 1. The summed E-state index contributed by atoms with van der Waals surface area (Å²) in [4.78, 5) is 11.8. The van der Waals surface area contributed by atoms with E-state index in [4.69, 9.17) is 44.6 Å². The molecule has 0 unspecified atom stereocenters. The van der Waals surface area contributed by atoms with Gasteiger partial charge in [-0.3, -0.25) is 4.79 Å². The third-order valence-electron chi connectivity index (χ3n) is 2.48. The Morgan fingerprint density at radius 1 is 1.00 bits per heavy atom. The molecule has 0 aliphatic heterocycles. The number of phenols is 1. The number of hydrogen-bond acceptors (Lipinski definition) is 3. The van der Waals surface area contributed by atoms with E-state index in [0.29, 0.717) is 5.56 Å². The van der Waals surface area contributed by atoms with Gasteiger partial charge in [-0.05, 0) is 23.8 Å². The van der Waals surface area contributed by atoms with Crippen molar-refractivity contribution in [3.63, 3.8) is 0 Å². The predicted octanol–water partition coefficient (Wildman–Crippen LogP) is 4.50. The molecule has 0 aliphatic carbocycles. The molecule has 104 valence electrons. The minimum atomic E-state index is -0.490. The fraction of sp³-hybridized carbons (Fsp3) is 0.0714. The lowest BCUT2D eigenvalue weighted by Crippen LogP contribution is -2.11. The number of ether oxygens (including phenoxy) is 1. The van der Waals surface area contributed by atoms with Crippen LogP contribution in [-0.4, -0.2) is 11.1 Å². The van der Waals surface area contributed by atoms with Gasteiger partial charge in [-0.2, -0.15) is 0 Å². The van der Waals surface area contributed by atoms with Gasteiger partial charge in [0.1, 0.15) is 5.75 Å². The number of aromatic hydroxyl groups is 1. The zero-order valence-electron chi connectivity index (χ0n) is 10.1. The third kappa shape index (κ3) is 3.79. The first-order valence-electron chi connectivity index (χ1n) is 5.59. The average Bonchev–Trinajstić information content (AvgIpc) is 2.39. The fourth-order valence-corrected chi connectivity index (χ4v) is 2.10. The Hall–Kier alpha value is -1.42. The van der Waals surface area contributed by atoms with E-state index in [2.05, 4.69) is 0 Å². The van der Waals surface area contributed by atoms with Gasteiger partial charge < -0.3 is 9.84 Å². The Morgan fingerprint density at radius 3 is 2.25 bits per heavy atom. The number of phenolic OH excluding ortho intramolecular Hbond substituents is 1. The first-order valence-corrected chi connectivity index (χ1v) is 6.72. The van der Waals surface area contributed by atoms with Crippen molar-refractivity contribution in [2.75, 3.05) is 0 Å². The molecule has 0 atom stereocenters. The summed E-state index contributed by atoms with van der Waals surface area (Å²) in [6.07, 6.45) is 0.0524.